The van der Waals surface area contributed by atoms with Crippen molar-refractivity contribution in [2.75, 3.05) is 6.54 Å². The molecule has 0 fully saturated rings. The standard InChI is InChI=1S/C14H20N2O2/c1-10(2)16-13(17)7-8-15-14(18)12-6-4-5-11(3)9-12/h4-6,9-10H,7-8H2,1-3H3,(H,15,18)(H,16,17). The van der Waals surface area contributed by atoms with Gasteiger partial charge in [-0.1, -0.05) is 17.7 Å². The van der Waals surface area contributed by atoms with E-state index in [1.54, 1.807) is 6.07 Å². The fraction of sp³-hybridized carbons (Fsp3) is 0.429. The summed E-state index contributed by atoms with van der Waals surface area (Å²) in [6.07, 6.45) is 0.301. The summed E-state index contributed by atoms with van der Waals surface area (Å²) in [5, 5.41) is 5.51. The topological polar surface area (TPSA) is 58.2 Å². The van der Waals surface area contributed by atoms with Crippen LogP contribution in [-0.4, -0.2) is 24.4 Å². The molecular formula is C14H20N2O2. The Labute approximate surface area is 108 Å². The van der Waals surface area contributed by atoms with Gasteiger partial charge in [-0.25, -0.2) is 0 Å². The van der Waals surface area contributed by atoms with Gasteiger partial charge in [-0.05, 0) is 32.9 Å². The average molecular weight is 248 g/mol. The molecule has 2 amide bonds. The smallest absolute Gasteiger partial charge is 0.251 e. The second kappa shape index (κ2) is 6.79. The van der Waals surface area contributed by atoms with Crippen molar-refractivity contribution in [2.24, 2.45) is 0 Å². The van der Waals surface area contributed by atoms with Crippen LogP contribution >= 0.6 is 0 Å². The van der Waals surface area contributed by atoms with Crippen LogP contribution in [0.25, 0.3) is 0 Å². The van der Waals surface area contributed by atoms with Crippen molar-refractivity contribution in [1.82, 2.24) is 10.6 Å². The predicted octanol–water partition coefficient (Wildman–Crippen LogP) is 1.64. The number of carbonyl (C=O) groups is 2. The number of aryl methyl sites for hydroxylation is 1. The number of carbonyl (C=O) groups excluding carboxylic acids is 2. The molecule has 0 aliphatic heterocycles. The highest BCUT2D eigenvalue weighted by molar-refractivity contribution is 5.94. The van der Waals surface area contributed by atoms with Crippen LogP contribution in [0.15, 0.2) is 24.3 Å². The van der Waals surface area contributed by atoms with Crippen LogP contribution in [0.2, 0.25) is 0 Å². The first kappa shape index (κ1) is 14.2. The Bertz CT molecular complexity index is 428. The summed E-state index contributed by atoms with van der Waals surface area (Å²) >= 11 is 0. The molecule has 1 aromatic rings. The molecule has 4 nitrogen and oxygen atoms in total. The van der Waals surface area contributed by atoms with Gasteiger partial charge in [0.25, 0.3) is 5.91 Å². The van der Waals surface area contributed by atoms with Crippen molar-refractivity contribution in [3.8, 4) is 0 Å². The van der Waals surface area contributed by atoms with Gasteiger partial charge in [-0.3, -0.25) is 9.59 Å². The van der Waals surface area contributed by atoms with Crippen LogP contribution in [0.4, 0.5) is 0 Å². The normalized spacial score (nSPS) is 10.2. The third-order valence-corrected chi connectivity index (χ3v) is 2.37. The van der Waals surface area contributed by atoms with Gasteiger partial charge in [0.15, 0.2) is 0 Å². The maximum absolute atomic E-state index is 11.8. The minimum Gasteiger partial charge on any atom is -0.354 e. The quantitative estimate of drug-likeness (QED) is 0.832. The molecule has 0 spiro atoms. The van der Waals surface area contributed by atoms with Gasteiger partial charge in [0.2, 0.25) is 5.91 Å². The van der Waals surface area contributed by atoms with Crippen molar-refractivity contribution in [1.29, 1.82) is 0 Å². The van der Waals surface area contributed by atoms with E-state index in [1.807, 2.05) is 39.0 Å². The molecule has 1 rings (SSSR count). The van der Waals surface area contributed by atoms with E-state index < -0.39 is 0 Å². The molecule has 0 saturated heterocycles. The lowest BCUT2D eigenvalue weighted by Gasteiger charge is -2.09. The molecule has 4 heteroatoms. The largest absolute Gasteiger partial charge is 0.354 e. The number of amides is 2. The molecule has 0 aromatic heterocycles. The number of hydrogen-bond acceptors (Lipinski definition) is 2. The van der Waals surface area contributed by atoms with Crippen molar-refractivity contribution >= 4 is 11.8 Å². The first-order valence-corrected chi connectivity index (χ1v) is 6.13. The molecule has 1 aromatic carbocycles. The fourth-order valence-corrected chi connectivity index (χ4v) is 1.57. The highest BCUT2D eigenvalue weighted by Gasteiger charge is 2.07. The van der Waals surface area contributed by atoms with Gasteiger partial charge in [0.1, 0.15) is 0 Å². The van der Waals surface area contributed by atoms with E-state index in [9.17, 15) is 9.59 Å². The van der Waals surface area contributed by atoms with Crippen LogP contribution in [0.1, 0.15) is 36.2 Å². The molecule has 0 aliphatic rings. The minimum absolute atomic E-state index is 0.0467. The molecule has 98 valence electrons. The second-order valence-corrected chi connectivity index (χ2v) is 4.60. The first-order chi connectivity index (χ1) is 8.49. The van der Waals surface area contributed by atoms with Crippen LogP contribution in [-0.2, 0) is 4.79 Å². The highest BCUT2D eigenvalue weighted by Crippen LogP contribution is 2.03. The van der Waals surface area contributed by atoms with Crippen molar-refractivity contribution in [3.63, 3.8) is 0 Å². The zero-order valence-electron chi connectivity index (χ0n) is 11.1. The zero-order valence-corrected chi connectivity index (χ0v) is 11.1. The van der Waals surface area contributed by atoms with Gasteiger partial charge in [-0.15, -0.1) is 0 Å². The number of nitrogens with one attached hydrogen (secondary N) is 2. The molecule has 0 radical (unpaired) electrons. The molecule has 18 heavy (non-hydrogen) atoms. The number of hydrogen-bond donors (Lipinski definition) is 2. The highest BCUT2D eigenvalue weighted by atomic mass is 16.2. The molecule has 0 unspecified atom stereocenters. The van der Waals surface area contributed by atoms with Crippen LogP contribution in [0.5, 0.6) is 0 Å². The Morgan fingerprint density at radius 1 is 1.28 bits per heavy atom. The van der Waals surface area contributed by atoms with E-state index in [4.69, 9.17) is 0 Å². The lowest BCUT2D eigenvalue weighted by atomic mass is 10.1. The molecule has 2 N–H and O–H groups in total. The van der Waals surface area contributed by atoms with E-state index in [2.05, 4.69) is 10.6 Å². The van der Waals surface area contributed by atoms with E-state index in [0.717, 1.165) is 5.56 Å². The maximum Gasteiger partial charge on any atom is 0.251 e. The van der Waals surface area contributed by atoms with E-state index in [0.29, 0.717) is 18.5 Å². The Kier molecular flexibility index (Phi) is 5.36. The summed E-state index contributed by atoms with van der Waals surface area (Å²) in [6, 6.07) is 7.49. The second-order valence-electron chi connectivity index (χ2n) is 4.60. The zero-order chi connectivity index (χ0) is 13.5. The average Bonchev–Trinajstić information content (AvgIpc) is 2.27. The molecule has 0 saturated carbocycles. The van der Waals surface area contributed by atoms with Gasteiger partial charge in [0, 0.05) is 24.6 Å². The SMILES string of the molecule is Cc1cccc(C(=O)NCCC(=O)NC(C)C)c1. The number of benzene rings is 1. The summed E-state index contributed by atoms with van der Waals surface area (Å²) in [5.41, 5.74) is 1.67. The first-order valence-electron chi connectivity index (χ1n) is 6.13. The lowest BCUT2D eigenvalue weighted by Crippen LogP contribution is -2.34. The third kappa shape index (κ3) is 4.99. The predicted molar refractivity (Wildman–Crippen MR) is 71.4 cm³/mol. The summed E-state index contributed by atoms with van der Waals surface area (Å²) in [4.78, 5) is 23.1. The summed E-state index contributed by atoms with van der Waals surface area (Å²) in [7, 11) is 0. The van der Waals surface area contributed by atoms with Crippen molar-refractivity contribution < 1.29 is 9.59 Å². The van der Waals surface area contributed by atoms with Gasteiger partial charge >= 0.3 is 0 Å². The van der Waals surface area contributed by atoms with Crippen molar-refractivity contribution in [3.05, 3.63) is 35.4 Å². The van der Waals surface area contributed by atoms with Crippen LogP contribution < -0.4 is 10.6 Å². The molecule has 0 atom stereocenters. The Morgan fingerprint density at radius 3 is 2.61 bits per heavy atom. The Hall–Kier alpha value is -1.84. The minimum atomic E-state index is -0.143. The van der Waals surface area contributed by atoms with Crippen LogP contribution in [0, 0.1) is 6.92 Å². The number of rotatable bonds is 5. The third-order valence-electron chi connectivity index (χ3n) is 2.37. The Morgan fingerprint density at radius 2 is 2.00 bits per heavy atom. The van der Waals surface area contributed by atoms with Gasteiger partial charge < -0.3 is 10.6 Å². The Balaban J connectivity index is 2.36. The van der Waals surface area contributed by atoms with E-state index in [-0.39, 0.29) is 17.9 Å². The molecule has 0 heterocycles. The van der Waals surface area contributed by atoms with Gasteiger partial charge in [-0.2, -0.15) is 0 Å². The summed E-state index contributed by atoms with van der Waals surface area (Å²) in [5.74, 6) is -0.189. The fourth-order valence-electron chi connectivity index (χ4n) is 1.57. The van der Waals surface area contributed by atoms with Gasteiger partial charge in [0.05, 0.1) is 0 Å². The summed E-state index contributed by atoms with van der Waals surface area (Å²) in [6.45, 7) is 6.10. The maximum atomic E-state index is 11.8. The molecule has 0 bridgehead atoms. The lowest BCUT2D eigenvalue weighted by molar-refractivity contribution is -0.121. The monoisotopic (exact) mass is 248 g/mol. The summed E-state index contributed by atoms with van der Waals surface area (Å²) < 4.78 is 0. The van der Waals surface area contributed by atoms with E-state index in [1.165, 1.54) is 0 Å². The molecule has 0 aliphatic carbocycles. The van der Waals surface area contributed by atoms with E-state index >= 15 is 0 Å². The van der Waals surface area contributed by atoms with Crippen molar-refractivity contribution in [2.45, 2.75) is 33.2 Å². The molecular weight excluding hydrogens is 228 g/mol. The van der Waals surface area contributed by atoms with Crippen LogP contribution in [0.3, 0.4) is 0 Å².